The molecular formula is C25H36N2O4. The van der Waals surface area contributed by atoms with Gasteiger partial charge in [-0.25, -0.2) is 0 Å². The van der Waals surface area contributed by atoms with Gasteiger partial charge in [-0.2, -0.15) is 0 Å². The number of aromatic amines is 1. The molecule has 1 amide bonds. The van der Waals surface area contributed by atoms with Crippen molar-refractivity contribution in [2.75, 3.05) is 7.11 Å². The van der Waals surface area contributed by atoms with Crippen LogP contribution in [0.15, 0.2) is 16.8 Å². The van der Waals surface area contributed by atoms with Crippen molar-refractivity contribution >= 4 is 23.7 Å². The molecule has 170 valence electrons. The SMILES string of the molecule is CCC1=C(CC)/C(=C\c2[nH]c(C(=O)CCCCCC(=O)OC)c(CC)c2CC)NC1=O. The summed E-state index contributed by atoms with van der Waals surface area (Å²) in [6, 6.07) is 0. The van der Waals surface area contributed by atoms with Crippen LogP contribution in [0.4, 0.5) is 0 Å². The Balaban J connectivity index is 2.22. The number of carbonyl (C=O) groups excluding carboxylic acids is 3. The molecular weight excluding hydrogens is 392 g/mol. The molecule has 1 aromatic heterocycles. The van der Waals surface area contributed by atoms with E-state index in [2.05, 4.69) is 35.8 Å². The highest BCUT2D eigenvalue weighted by molar-refractivity contribution is 6.01. The van der Waals surface area contributed by atoms with Gasteiger partial charge in [-0.3, -0.25) is 14.4 Å². The number of ether oxygens (including phenoxy) is 1. The van der Waals surface area contributed by atoms with E-state index >= 15 is 0 Å². The molecule has 0 spiro atoms. The van der Waals surface area contributed by atoms with Gasteiger partial charge in [0.2, 0.25) is 0 Å². The van der Waals surface area contributed by atoms with Gasteiger partial charge in [0, 0.05) is 29.8 Å². The molecule has 1 aliphatic rings. The van der Waals surface area contributed by atoms with E-state index < -0.39 is 0 Å². The second kappa shape index (κ2) is 11.7. The van der Waals surface area contributed by atoms with Crippen LogP contribution >= 0.6 is 0 Å². The van der Waals surface area contributed by atoms with Crippen LogP contribution in [0.2, 0.25) is 0 Å². The quantitative estimate of drug-likeness (QED) is 0.277. The zero-order valence-electron chi connectivity index (χ0n) is 19.6. The van der Waals surface area contributed by atoms with Crippen LogP contribution in [0.25, 0.3) is 6.08 Å². The van der Waals surface area contributed by atoms with Gasteiger partial charge in [0.1, 0.15) is 0 Å². The van der Waals surface area contributed by atoms with Gasteiger partial charge in [-0.05, 0) is 61.3 Å². The molecule has 0 aromatic carbocycles. The summed E-state index contributed by atoms with van der Waals surface area (Å²) in [6.07, 6.45) is 8.20. The molecule has 0 bridgehead atoms. The van der Waals surface area contributed by atoms with Crippen molar-refractivity contribution in [3.8, 4) is 0 Å². The van der Waals surface area contributed by atoms with Crippen molar-refractivity contribution in [1.82, 2.24) is 10.3 Å². The van der Waals surface area contributed by atoms with Crippen molar-refractivity contribution < 1.29 is 19.1 Å². The van der Waals surface area contributed by atoms with E-state index in [4.69, 9.17) is 0 Å². The lowest BCUT2D eigenvalue weighted by Crippen LogP contribution is -2.16. The van der Waals surface area contributed by atoms with E-state index in [1.165, 1.54) is 7.11 Å². The lowest BCUT2D eigenvalue weighted by atomic mass is 9.99. The zero-order valence-corrected chi connectivity index (χ0v) is 19.6. The Hall–Kier alpha value is -2.63. The van der Waals surface area contributed by atoms with Crippen molar-refractivity contribution in [1.29, 1.82) is 0 Å². The van der Waals surface area contributed by atoms with Gasteiger partial charge >= 0.3 is 5.97 Å². The maximum absolute atomic E-state index is 12.9. The van der Waals surface area contributed by atoms with Crippen LogP contribution in [0, 0.1) is 0 Å². The van der Waals surface area contributed by atoms with Crippen molar-refractivity contribution in [2.24, 2.45) is 0 Å². The number of hydrogen-bond donors (Lipinski definition) is 2. The fourth-order valence-corrected chi connectivity index (χ4v) is 4.33. The highest BCUT2D eigenvalue weighted by atomic mass is 16.5. The van der Waals surface area contributed by atoms with Crippen LogP contribution in [0.1, 0.15) is 99.9 Å². The number of carbonyl (C=O) groups is 3. The van der Waals surface area contributed by atoms with E-state index in [0.29, 0.717) is 25.0 Å². The number of ketones is 1. The first kappa shape index (κ1) is 24.6. The number of hydrogen-bond acceptors (Lipinski definition) is 4. The number of methoxy groups -OCH3 is 1. The molecule has 1 aliphatic heterocycles. The molecule has 31 heavy (non-hydrogen) atoms. The molecule has 2 heterocycles. The molecule has 2 N–H and O–H groups in total. The maximum Gasteiger partial charge on any atom is 0.305 e. The molecule has 0 radical (unpaired) electrons. The average Bonchev–Trinajstić information content (AvgIpc) is 3.28. The van der Waals surface area contributed by atoms with Gasteiger partial charge < -0.3 is 15.0 Å². The smallest absolute Gasteiger partial charge is 0.305 e. The number of unbranched alkanes of at least 4 members (excludes halogenated alkanes) is 2. The summed E-state index contributed by atoms with van der Waals surface area (Å²) in [5.74, 6) is -0.126. The Labute approximate surface area is 185 Å². The summed E-state index contributed by atoms with van der Waals surface area (Å²) in [5, 5.41) is 3.00. The number of H-pyrrole nitrogens is 1. The van der Waals surface area contributed by atoms with E-state index in [1.807, 2.05) is 13.0 Å². The summed E-state index contributed by atoms with van der Waals surface area (Å²) in [7, 11) is 1.39. The highest BCUT2D eigenvalue weighted by Gasteiger charge is 2.26. The second-order valence-corrected chi connectivity index (χ2v) is 7.81. The van der Waals surface area contributed by atoms with E-state index in [0.717, 1.165) is 72.2 Å². The maximum atomic E-state index is 12.9. The predicted molar refractivity (Wildman–Crippen MR) is 123 cm³/mol. The Morgan fingerprint density at radius 3 is 2.10 bits per heavy atom. The molecule has 6 heteroatoms. The summed E-state index contributed by atoms with van der Waals surface area (Å²) in [4.78, 5) is 39.8. The van der Waals surface area contributed by atoms with Gasteiger partial charge in [-0.15, -0.1) is 0 Å². The lowest BCUT2D eigenvalue weighted by molar-refractivity contribution is -0.140. The molecule has 0 atom stereocenters. The van der Waals surface area contributed by atoms with E-state index in [-0.39, 0.29) is 17.7 Å². The molecule has 6 nitrogen and oxygen atoms in total. The zero-order chi connectivity index (χ0) is 23.0. The molecule has 0 saturated heterocycles. The molecule has 0 saturated carbocycles. The number of Topliss-reactive ketones (excluding diaryl/α,β-unsaturated/α-hetero) is 1. The second-order valence-electron chi connectivity index (χ2n) is 7.81. The minimum absolute atomic E-state index is 0.0193. The first-order valence-corrected chi connectivity index (χ1v) is 11.5. The van der Waals surface area contributed by atoms with Gasteiger partial charge in [-0.1, -0.05) is 34.1 Å². The minimum Gasteiger partial charge on any atom is -0.469 e. The van der Waals surface area contributed by atoms with Crippen LogP contribution in [-0.2, 0) is 27.2 Å². The average molecular weight is 429 g/mol. The van der Waals surface area contributed by atoms with Crippen LogP contribution in [0.5, 0.6) is 0 Å². The number of allylic oxidation sites excluding steroid dienone is 1. The molecule has 0 aliphatic carbocycles. The Morgan fingerprint density at radius 1 is 0.871 bits per heavy atom. The molecule has 0 unspecified atom stereocenters. The standard InChI is InChI=1S/C25H36N2O4/c1-6-16-18(8-3)24(22(28)13-11-10-12-14-23(29)31-5)26-20(16)15-21-17(7-2)19(9-4)25(30)27-21/h15,26H,6-14H2,1-5H3,(H,27,30)/b21-15+. The van der Waals surface area contributed by atoms with Crippen LogP contribution in [0.3, 0.4) is 0 Å². The monoisotopic (exact) mass is 428 g/mol. The molecule has 1 aromatic rings. The minimum atomic E-state index is -0.208. The highest BCUT2D eigenvalue weighted by Crippen LogP contribution is 2.30. The number of nitrogens with one attached hydrogen (secondary N) is 2. The normalized spacial score (nSPS) is 15.0. The summed E-state index contributed by atoms with van der Waals surface area (Å²) >= 11 is 0. The molecule has 2 rings (SSSR count). The number of esters is 1. The number of amides is 1. The van der Waals surface area contributed by atoms with Crippen molar-refractivity contribution in [2.45, 2.75) is 85.5 Å². The first-order valence-electron chi connectivity index (χ1n) is 11.5. The summed E-state index contributed by atoms with van der Waals surface area (Å²) in [5.41, 5.74) is 6.53. The van der Waals surface area contributed by atoms with E-state index in [1.54, 1.807) is 0 Å². The van der Waals surface area contributed by atoms with Gasteiger partial charge in [0.05, 0.1) is 12.8 Å². The lowest BCUT2D eigenvalue weighted by Gasteiger charge is -2.05. The predicted octanol–water partition coefficient (Wildman–Crippen LogP) is 5.03. The first-order chi connectivity index (χ1) is 14.9. The van der Waals surface area contributed by atoms with Gasteiger partial charge in [0.25, 0.3) is 5.91 Å². The van der Waals surface area contributed by atoms with Gasteiger partial charge in [0.15, 0.2) is 5.78 Å². The molecule has 0 fully saturated rings. The third kappa shape index (κ3) is 5.75. The third-order valence-corrected chi connectivity index (χ3v) is 5.96. The van der Waals surface area contributed by atoms with Crippen molar-refractivity contribution in [3.63, 3.8) is 0 Å². The fourth-order valence-electron chi connectivity index (χ4n) is 4.33. The number of aromatic nitrogens is 1. The van der Waals surface area contributed by atoms with Crippen LogP contribution in [-0.4, -0.2) is 29.8 Å². The van der Waals surface area contributed by atoms with E-state index in [9.17, 15) is 14.4 Å². The van der Waals surface area contributed by atoms with Crippen LogP contribution < -0.4 is 5.32 Å². The Morgan fingerprint density at radius 2 is 1.52 bits per heavy atom. The Kier molecular flexibility index (Phi) is 9.28. The largest absolute Gasteiger partial charge is 0.469 e. The summed E-state index contributed by atoms with van der Waals surface area (Å²) < 4.78 is 4.65. The Bertz CT molecular complexity index is 890. The fraction of sp³-hybridized carbons (Fsp3) is 0.560. The third-order valence-electron chi connectivity index (χ3n) is 5.96. The van der Waals surface area contributed by atoms with Crippen molar-refractivity contribution in [3.05, 3.63) is 39.4 Å². The summed E-state index contributed by atoms with van der Waals surface area (Å²) in [6.45, 7) is 8.21. The number of rotatable bonds is 12. The topological polar surface area (TPSA) is 88.3 Å².